The van der Waals surface area contributed by atoms with Crippen LogP contribution in [0.2, 0.25) is 0 Å². The van der Waals surface area contributed by atoms with Gasteiger partial charge in [0.15, 0.2) is 10.9 Å². The summed E-state index contributed by atoms with van der Waals surface area (Å²) in [7, 11) is 0. The van der Waals surface area contributed by atoms with Crippen molar-refractivity contribution < 1.29 is 4.79 Å². The highest BCUT2D eigenvalue weighted by molar-refractivity contribution is 7.99. The number of ketones is 1. The number of carbonyl (C=O) groups excluding carboxylic acids is 1. The van der Waals surface area contributed by atoms with Gasteiger partial charge < -0.3 is 11.5 Å². The van der Waals surface area contributed by atoms with Crippen LogP contribution in [0.4, 0.5) is 11.6 Å². The third-order valence-corrected chi connectivity index (χ3v) is 4.60. The van der Waals surface area contributed by atoms with Crippen LogP contribution in [0.5, 0.6) is 0 Å². The minimum atomic E-state index is 0.0722. The number of fused-ring (bicyclic) bond motifs is 1. The highest BCUT2D eigenvalue weighted by Crippen LogP contribution is 2.24. The second-order valence-corrected chi connectivity index (χ2v) is 6.35. The molecule has 2 aromatic rings. The van der Waals surface area contributed by atoms with Crippen LogP contribution in [0, 0.1) is 0 Å². The summed E-state index contributed by atoms with van der Waals surface area (Å²) in [4.78, 5) is 20.5. The molecule has 0 radical (unpaired) electrons. The maximum Gasteiger partial charge on any atom is 0.191 e. The van der Waals surface area contributed by atoms with Crippen molar-refractivity contribution >= 4 is 29.2 Å². The van der Waals surface area contributed by atoms with E-state index >= 15 is 0 Å². The summed E-state index contributed by atoms with van der Waals surface area (Å²) >= 11 is 1.26. The molecule has 5 nitrogen and oxygen atoms in total. The quantitative estimate of drug-likeness (QED) is 0.511. The zero-order chi connectivity index (χ0) is 15.5. The molecule has 0 fully saturated rings. The first-order valence-electron chi connectivity index (χ1n) is 7.29. The first-order chi connectivity index (χ1) is 10.6. The third kappa shape index (κ3) is 3.39. The Morgan fingerprint density at radius 1 is 1.05 bits per heavy atom. The fourth-order valence-electron chi connectivity index (χ4n) is 2.65. The van der Waals surface area contributed by atoms with Crippen molar-refractivity contribution in [3.05, 3.63) is 41.0 Å². The Balaban J connectivity index is 1.69. The van der Waals surface area contributed by atoms with Crippen LogP contribution in [0.25, 0.3) is 0 Å². The molecule has 1 aromatic heterocycles. The normalized spacial score (nSPS) is 13.6. The summed E-state index contributed by atoms with van der Waals surface area (Å²) in [5.41, 5.74) is 14.7. The number of anilines is 2. The summed E-state index contributed by atoms with van der Waals surface area (Å²) in [5, 5.41) is 0.434. The van der Waals surface area contributed by atoms with Crippen molar-refractivity contribution in [1.82, 2.24) is 9.97 Å². The molecule has 0 amide bonds. The number of thioether (sulfide) groups is 1. The van der Waals surface area contributed by atoms with Crippen molar-refractivity contribution in [2.24, 2.45) is 0 Å². The van der Waals surface area contributed by atoms with Crippen LogP contribution in [-0.4, -0.2) is 21.5 Å². The molecule has 1 heterocycles. The number of nitrogens with zero attached hydrogens (tertiary/aromatic N) is 2. The van der Waals surface area contributed by atoms with E-state index in [0.29, 0.717) is 16.8 Å². The Morgan fingerprint density at radius 3 is 2.45 bits per heavy atom. The highest BCUT2D eigenvalue weighted by Gasteiger charge is 2.14. The molecule has 0 unspecified atom stereocenters. The number of hydrogen-bond donors (Lipinski definition) is 2. The van der Waals surface area contributed by atoms with E-state index in [1.165, 1.54) is 41.8 Å². The van der Waals surface area contributed by atoms with Gasteiger partial charge in [-0.15, -0.1) is 0 Å². The van der Waals surface area contributed by atoms with Gasteiger partial charge in [-0.25, -0.2) is 9.97 Å². The number of rotatable bonds is 4. The number of hydrogen-bond acceptors (Lipinski definition) is 6. The van der Waals surface area contributed by atoms with Gasteiger partial charge in [0.2, 0.25) is 0 Å². The number of carbonyl (C=O) groups is 1. The lowest BCUT2D eigenvalue weighted by molar-refractivity contribution is 0.102. The maximum absolute atomic E-state index is 12.3. The molecule has 0 atom stereocenters. The lowest BCUT2D eigenvalue weighted by Crippen LogP contribution is -2.08. The number of aryl methyl sites for hydroxylation is 2. The van der Waals surface area contributed by atoms with Gasteiger partial charge in [-0.3, -0.25) is 4.79 Å². The number of Topliss-reactive ketones (excluding diaryl/α,β-unsaturated/α-hetero) is 1. The predicted octanol–water partition coefficient (Wildman–Crippen LogP) is 2.49. The minimum Gasteiger partial charge on any atom is -0.383 e. The van der Waals surface area contributed by atoms with Gasteiger partial charge in [0.1, 0.15) is 11.6 Å². The number of benzene rings is 1. The summed E-state index contributed by atoms with van der Waals surface area (Å²) < 4.78 is 0. The summed E-state index contributed by atoms with van der Waals surface area (Å²) in [6, 6.07) is 7.53. The van der Waals surface area contributed by atoms with Crippen molar-refractivity contribution in [3.8, 4) is 0 Å². The molecule has 1 aromatic carbocycles. The van der Waals surface area contributed by atoms with Gasteiger partial charge in [-0.1, -0.05) is 23.9 Å². The second-order valence-electron chi connectivity index (χ2n) is 5.40. The molecule has 1 aliphatic rings. The van der Waals surface area contributed by atoms with Gasteiger partial charge in [0.25, 0.3) is 0 Å². The lowest BCUT2D eigenvalue weighted by atomic mass is 9.90. The minimum absolute atomic E-state index is 0.0722. The van der Waals surface area contributed by atoms with Gasteiger partial charge in [-0.05, 0) is 42.9 Å². The van der Waals surface area contributed by atoms with Crippen molar-refractivity contribution in [2.45, 2.75) is 30.8 Å². The van der Waals surface area contributed by atoms with Gasteiger partial charge in [-0.2, -0.15) is 0 Å². The first-order valence-corrected chi connectivity index (χ1v) is 8.28. The molecule has 4 N–H and O–H groups in total. The molecule has 0 aliphatic heterocycles. The Hall–Kier alpha value is -2.08. The van der Waals surface area contributed by atoms with Crippen LogP contribution in [0.15, 0.2) is 29.4 Å². The van der Waals surface area contributed by atoms with Crippen molar-refractivity contribution in [2.75, 3.05) is 17.2 Å². The maximum atomic E-state index is 12.3. The zero-order valence-electron chi connectivity index (χ0n) is 12.2. The third-order valence-electron chi connectivity index (χ3n) is 3.75. The van der Waals surface area contributed by atoms with Gasteiger partial charge in [0, 0.05) is 11.6 Å². The number of nitrogen functional groups attached to an aromatic ring is 2. The Bertz CT molecular complexity index is 697. The molecule has 3 rings (SSSR count). The topological polar surface area (TPSA) is 94.9 Å². The molecule has 22 heavy (non-hydrogen) atoms. The lowest BCUT2D eigenvalue weighted by Gasteiger charge is -2.16. The average Bonchev–Trinajstić information content (AvgIpc) is 2.51. The van der Waals surface area contributed by atoms with Crippen molar-refractivity contribution in [3.63, 3.8) is 0 Å². The van der Waals surface area contributed by atoms with E-state index in [0.717, 1.165) is 18.4 Å². The average molecular weight is 314 g/mol. The van der Waals surface area contributed by atoms with Crippen LogP contribution >= 0.6 is 11.8 Å². The molecular formula is C16H18N4OS. The molecule has 0 bridgehead atoms. The molecule has 114 valence electrons. The summed E-state index contributed by atoms with van der Waals surface area (Å²) in [6.07, 6.45) is 4.63. The molecular weight excluding hydrogens is 296 g/mol. The Morgan fingerprint density at radius 2 is 1.73 bits per heavy atom. The van der Waals surface area contributed by atoms with E-state index in [4.69, 9.17) is 11.5 Å². The van der Waals surface area contributed by atoms with E-state index in [9.17, 15) is 4.79 Å². The predicted molar refractivity (Wildman–Crippen MR) is 89.0 cm³/mol. The monoisotopic (exact) mass is 314 g/mol. The molecule has 6 heteroatoms. The van der Waals surface area contributed by atoms with Crippen LogP contribution in [0.1, 0.15) is 34.3 Å². The molecule has 0 saturated heterocycles. The van der Waals surface area contributed by atoms with Crippen LogP contribution in [0.3, 0.4) is 0 Å². The fourth-order valence-corrected chi connectivity index (χ4v) is 3.41. The first kappa shape index (κ1) is 14.8. The number of aromatic nitrogens is 2. The van der Waals surface area contributed by atoms with E-state index < -0.39 is 0 Å². The second kappa shape index (κ2) is 6.36. The highest BCUT2D eigenvalue weighted by atomic mass is 32.2. The van der Waals surface area contributed by atoms with Gasteiger partial charge in [0.05, 0.1) is 5.75 Å². The van der Waals surface area contributed by atoms with E-state index in [1.54, 1.807) is 0 Å². The smallest absolute Gasteiger partial charge is 0.191 e. The zero-order valence-corrected chi connectivity index (χ0v) is 13.0. The molecule has 1 aliphatic carbocycles. The summed E-state index contributed by atoms with van der Waals surface area (Å²) in [5.74, 6) is 0.984. The van der Waals surface area contributed by atoms with Gasteiger partial charge >= 0.3 is 0 Å². The van der Waals surface area contributed by atoms with Crippen LogP contribution < -0.4 is 11.5 Å². The molecule has 0 spiro atoms. The summed E-state index contributed by atoms with van der Waals surface area (Å²) in [6.45, 7) is 0. The molecule has 0 saturated carbocycles. The van der Waals surface area contributed by atoms with Crippen molar-refractivity contribution in [1.29, 1.82) is 0 Å². The van der Waals surface area contributed by atoms with E-state index in [2.05, 4.69) is 16.0 Å². The van der Waals surface area contributed by atoms with Crippen LogP contribution in [-0.2, 0) is 12.8 Å². The number of nitrogens with two attached hydrogens (primary N) is 2. The Kier molecular flexibility index (Phi) is 4.29. The SMILES string of the molecule is Nc1cc(N)nc(SCC(=O)c2ccc3c(c2)CCCC3)n1. The standard InChI is InChI=1S/C16H18N4OS/c17-14-8-15(18)20-16(19-14)22-9-13(21)12-6-5-10-3-1-2-4-11(10)7-12/h5-8H,1-4,9H2,(H4,17,18,19,20). The Labute approximate surface area is 133 Å². The largest absolute Gasteiger partial charge is 0.383 e. The van der Waals surface area contributed by atoms with E-state index in [1.807, 2.05) is 12.1 Å². The van der Waals surface area contributed by atoms with E-state index in [-0.39, 0.29) is 11.5 Å². The fraction of sp³-hybridized carbons (Fsp3) is 0.312.